The van der Waals surface area contributed by atoms with Crippen LogP contribution >= 0.6 is 0 Å². The van der Waals surface area contributed by atoms with E-state index in [4.69, 9.17) is 0 Å². The number of unbranched alkanes of at least 4 members (excludes halogenated alkanes) is 4. The SMILES string of the molecule is CCCCCC=CCC=CCC=CCC=CCCCC(=O)[O-]. The molecule has 0 aromatic heterocycles. The quantitative estimate of drug-likeness (QED) is 0.339. The van der Waals surface area contributed by atoms with Gasteiger partial charge in [-0.1, -0.05) is 68.4 Å². The smallest absolute Gasteiger partial charge is 0.0414 e. The Morgan fingerprint density at radius 2 is 1.18 bits per heavy atom. The van der Waals surface area contributed by atoms with Gasteiger partial charge < -0.3 is 9.90 Å². The summed E-state index contributed by atoms with van der Waals surface area (Å²) in [5.74, 6) is -0.962. The second kappa shape index (κ2) is 17.5. The number of carboxylic acid groups (broad SMARTS) is 1. The van der Waals surface area contributed by atoms with Crippen molar-refractivity contribution in [3.63, 3.8) is 0 Å². The lowest BCUT2D eigenvalue weighted by Gasteiger charge is -1.97. The number of carboxylic acids is 1. The molecule has 0 amide bonds. The van der Waals surface area contributed by atoms with Gasteiger partial charge in [-0.15, -0.1) is 0 Å². The van der Waals surface area contributed by atoms with E-state index in [1.807, 2.05) is 6.08 Å². The summed E-state index contributed by atoms with van der Waals surface area (Å²) in [5, 5.41) is 10.2. The van der Waals surface area contributed by atoms with Crippen LogP contribution in [0.4, 0.5) is 0 Å². The van der Waals surface area contributed by atoms with E-state index in [2.05, 4.69) is 49.5 Å². The average Bonchev–Trinajstić information content (AvgIpc) is 2.50. The van der Waals surface area contributed by atoms with Crippen LogP contribution < -0.4 is 5.11 Å². The van der Waals surface area contributed by atoms with Gasteiger partial charge in [-0.2, -0.15) is 0 Å². The summed E-state index contributed by atoms with van der Waals surface area (Å²) in [4.78, 5) is 10.2. The molecule has 0 atom stereocenters. The van der Waals surface area contributed by atoms with Crippen LogP contribution in [0, 0.1) is 0 Å². The molecule has 0 aromatic carbocycles. The highest BCUT2D eigenvalue weighted by Crippen LogP contribution is 2.01. The number of hydrogen-bond acceptors (Lipinski definition) is 2. The molecule has 2 heteroatoms. The largest absolute Gasteiger partial charge is 0.550 e. The van der Waals surface area contributed by atoms with E-state index in [0.29, 0.717) is 6.42 Å². The van der Waals surface area contributed by atoms with Gasteiger partial charge in [0, 0.05) is 5.97 Å². The van der Waals surface area contributed by atoms with E-state index in [9.17, 15) is 9.90 Å². The lowest BCUT2D eigenvalue weighted by atomic mass is 10.2. The van der Waals surface area contributed by atoms with Gasteiger partial charge in [-0.3, -0.25) is 0 Å². The molecule has 124 valence electrons. The molecule has 0 unspecified atom stereocenters. The van der Waals surface area contributed by atoms with E-state index < -0.39 is 5.97 Å². The third kappa shape index (κ3) is 18.4. The minimum atomic E-state index is -0.962. The normalized spacial score (nSPS) is 12.4. The second-order valence-corrected chi connectivity index (χ2v) is 5.35. The Morgan fingerprint density at radius 3 is 1.64 bits per heavy atom. The molecule has 0 saturated carbocycles. The van der Waals surface area contributed by atoms with Crippen molar-refractivity contribution in [1.29, 1.82) is 0 Å². The number of allylic oxidation sites excluding steroid dienone is 8. The summed E-state index contributed by atoms with van der Waals surface area (Å²) >= 11 is 0. The fourth-order valence-corrected chi connectivity index (χ4v) is 1.93. The van der Waals surface area contributed by atoms with Crippen molar-refractivity contribution in [1.82, 2.24) is 0 Å². The van der Waals surface area contributed by atoms with Gasteiger partial charge in [0.15, 0.2) is 0 Å². The third-order valence-corrected chi connectivity index (χ3v) is 3.21. The van der Waals surface area contributed by atoms with Crippen LogP contribution in [0.3, 0.4) is 0 Å². The van der Waals surface area contributed by atoms with Crippen LogP contribution in [0.5, 0.6) is 0 Å². The molecule has 0 aliphatic carbocycles. The zero-order valence-electron chi connectivity index (χ0n) is 14.0. The Bertz CT molecular complexity index is 362. The van der Waals surface area contributed by atoms with Crippen molar-refractivity contribution in [2.45, 2.75) is 71.1 Å². The molecule has 0 saturated heterocycles. The molecule has 2 nitrogen and oxygen atoms in total. The minimum absolute atomic E-state index is 0.151. The molecule has 0 spiro atoms. The predicted octanol–water partition coefficient (Wildman–Crippen LogP) is 4.88. The van der Waals surface area contributed by atoms with E-state index in [1.165, 1.54) is 25.7 Å². The summed E-state index contributed by atoms with van der Waals surface area (Å²) < 4.78 is 0. The maximum absolute atomic E-state index is 10.2. The zero-order valence-corrected chi connectivity index (χ0v) is 14.0. The maximum atomic E-state index is 10.2. The first-order valence-corrected chi connectivity index (χ1v) is 8.57. The van der Waals surface area contributed by atoms with Crippen LogP contribution in [0.2, 0.25) is 0 Å². The Morgan fingerprint density at radius 1 is 0.727 bits per heavy atom. The first-order chi connectivity index (χ1) is 10.8. The van der Waals surface area contributed by atoms with Gasteiger partial charge in [-0.25, -0.2) is 0 Å². The highest BCUT2D eigenvalue weighted by Gasteiger charge is 1.84. The summed E-state index contributed by atoms with van der Waals surface area (Å²) in [5.41, 5.74) is 0. The summed E-state index contributed by atoms with van der Waals surface area (Å²) in [6, 6.07) is 0. The van der Waals surface area contributed by atoms with Gasteiger partial charge in [0.2, 0.25) is 0 Å². The van der Waals surface area contributed by atoms with Crippen LogP contribution in [0.25, 0.3) is 0 Å². The van der Waals surface area contributed by atoms with E-state index in [0.717, 1.165) is 25.7 Å². The summed E-state index contributed by atoms with van der Waals surface area (Å²) in [7, 11) is 0. The van der Waals surface area contributed by atoms with E-state index in [1.54, 1.807) is 0 Å². The van der Waals surface area contributed by atoms with Gasteiger partial charge in [0.1, 0.15) is 0 Å². The zero-order chi connectivity index (χ0) is 16.3. The monoisotopic (exact) mass is 303 g/mol. The third-order valence-electron chi connectivity index (χ3n) is 3.21. The molecular weight excluding hydrogens is 272 g/mol. The van der Waals surface area contributed by atoms with Gasteiger partial charge in [0.25, 0.3) is 0 Å². The number of hydrogen-bond donors (Lipinski definition) is 0. The average molecular weight is 303 g/mol. The Labute approximate surface area is 136 Å². The predicted molar refractivity (Wildman–Crippen MR) is 93.4 cm³/mol. The van der Waals surface area contributed by atoms with E-state index >= 15 is 0 Å². The maximum Gasteiger partial charge on any atom is 0.0414 e. The molecule has 0 N–H and O–H groups in total. The molecule has 0 fully saturated rings. The molecule has 0 aliphatic rings. The Hall–Kier alpha value is -1.57. The van der Waals surface area contributed by atoms with Crippen LogP contribution in [-0.2, 0) is 4.79 Å². The van der Waals surface area contributed by atoms with Crippen molar-refractivity contribution >= 4 is 5.97 Å². The second-order valence-electron chi connectivity index (χ2n) is 5.35. The molecule has 22 heavy (non-hydrogen) atoms. The van der Waals surface area contributed by atoms with Crippen molar-refractivity contribution in [3.05, 3.63) is 48.6 Å². The molecule has 0 bridgehead atoms. The van der Waals surface area contributed by atoms with Gasteiger partial charge in [-0.05, 0) is 51.4 Å². The van der Waals surface area contributed by atoms with Crippen LogP contribution in [0.1, 0.15) is 71.1 Å². The fraction of sp³-hybridized carbons (Fsp3) is 0.550. The lowest BCUT2D eigenvalue weighted by Crippen LogP contribution is -2.21. The number of aliphatic carboxylic acids is 1. The Balaban J connectivity index is 3.40. The minimum Gasteiger partial charge on any atom is -0.550 e. The van der Waals surface area contributed by atoms with Crippen molar-refractivity contribution < 1.29 is 9.90 Å². The number of rotatable bonds is 14. The fourth-order valence-electron chi connectivity index (χ4n) is 1.93. The lowest BCUT2D eigenvalue weighted by molar-refractivity contribution is -0.305. The molecule has 0 heterocycles. The summed E-state index contributed by atoms with van der Waals surface area (Å²) in [6.45, 7) is 2.23. The van der Waals surface area contributed by atoms with Crippen LogP contribution in [0.15, 0.2) is 48.6 Å². The molecule has 0 aromatic rings. The first-order valence-electron chi connectivity index (χ1n) is 8.57. The molecule has 0 radical (unpaired) electrons. The molecular formula is C20H31O2-. The number of carbonyl (C=O) groups excluding carboxylic acids is 1. The van der Waals surface area contributed by atoms with Crippen LogP contribution in [-0.4, -0.2) is 5.97 Å². The van der Waals surface area contributed by atoms with Crippen molar-refractivity contribution in [2.24, 2.45) is 0 Å². The highest BCUT2D eigenvalue weighted by atomic mass is 16.4. The molecule has 0 aliphatic heterocycles. The Kier molecular flexibility index (Phi) is 16.2. The number of carbonyl (C=O) groups is 1. The topological polar surface area (TPSA) is 40.1 Å². The van der Waals surface area contributed by atoms with Crippen molar-refractivity contribution in [2.75, 3.05) is 0 Å². The first kappa shape index (κ1) is 20.4. The standard InChI is InChI=1S/C20H32O2/c1-2-3-4-5-6-7-8-9-10-11-12-13-14-15-16-17-18-19-20(21)22/h6-7,9-10,12-13,15-16H,2-5,8,11,14,17-19H2,1H3,(H,21,22)/p-1. The van der Waals surface area contributed by atoms with E-state index in [-0.39, 0.29) is 6.42 Å². The van der Waals surface area contributed by atoms with Gasteiger partial charge >= 0.3 is 0 Å². The van der Waals surface area contributed by atoms with Gasteiger partial charge in [0.05, 0.1) is 0 Å². The summed E-state index contributed by atoms with van der Waals surface area (Å²) in [6.07, 6.45) is 27.0. The highest BCUT2D eigenvalue weighted by molar-refractivity contribution is 5.64. The van der Waals surface area contributed by atoms with Crippen molar-refractivity contribution in [3.8, 4) is 0 Å². The molecule has 0 rings (SSSR count).